The van der Waals surface area contributed by atoms with Crippen LogP contribution in [0, 0.1) is 11.7 Å². The van der Waals surface area contributed by atoms with Gasteiger partial charge in [-0.3, -0.25) is 14.4 Å². The van der Waals surface area contributed by atoms with E-state index in [9.17, 15) is 18.8 Å². The van der Waals surface area contributed by atoms with Gasteiger partial charge in [0.2, 0.25) is 5.91 Å². The van der Waals surface area contributed by atoms with E-state index in [1.165, 1.54) is 17.0 Å². The van der Waals surface area contributed by atoms with E-state index in [-0.39, 0.29) is 55.0 Å². The number of benzene rings is 3. The molecule has 0 fully saturated rings. The van der Waals surface area contributed by atoms with Crippen LogP contribution in [0.15, 0.2) is 72.8 Å². The van der Waals surface area contributed by atoms with E-state index < -0.39 is 23.9 Å². The zero-order valence-electron chi connectivity index (χ0n) is 23.8. The Kier molecular flexibility index (Phi) is 9.73. The van der Waals surface area contributed by atoms with Crippen molar-refractivity contribution in [2.75, 3.05) is 39.2 Å². The van der Waals surface area contributed by atoms with Crippen molar-refractivity contribution in [2.24, 2.45) is 5.92 Å². The average molecular weight is 562 g/mol. The number of methoxy groups -OCH3 is 1. The van der Waals surface area contributed by atoms with E-state index in [1.807, 2.05) is 44.2 Å². The van der Waals surface area contributed by atoms with Gasteiger partial charge in [0.25, 0.3) is 11.8 Å². The third-order valence-corrected chi connectivity index (χ3v) is 7.30. The summed E-state index contributed by atoms with van der Waals surface area (Å²) in [4.78, 5) is 42.9. The molecule has 1 N–H and O–H groups in total. The molecular formula is C32H36FN3O5. The van der Waals surface area contributed by atoms with Crippen molar-refractivity contribution in [3.63, 3.8) is 0 Å². The molecule has 9 heteroatoms. The zero-order valence-corrected chi connectivity index (χ0v) is 23.8. The molecule has 0 aliphatic carbocycles. The van der Waals surface area contributed by atoms with Crippen LogP contribution in [0.3, 0.4) is 0 Å². The first-order valence-corrected chi connectivity index (χ1v) is 13.6. The molecule has 1 aliphatic heterocycles. The Bertz CT molecular complexity index is 1380. The maximum Gasteiger partial charge on any atom is 0.257 e. The molecule has 0 saturated heterocycles. The number of carbonyl (C=O) groups is 3. The van der Waals surface area contributed by atoms with Gasteiger partial charge in [0, 0.05) is 38.9 Å². The molecular weight excluding hydrogens is 525 g/mol. The first kappa shape index (κ1) is 29.7. The van der Waals surface area contributed by atoms with Crippen LogP contribution < -0.4 is 10.1 Å². The number of fused-ring (bicyclic) bond motifs is 1. The Morgan fingerprint density at radius 2 is 1.73 bits per heavy atom. The van der Waals surface area contributed by atoms with Crippen LogP contribution in [0.2, 0.25) is 0 Å². The van der Waals surface area contributed by atoms with Crippen LogP contribution in [0.1, 0.15) is 40.1 Å². The molecule has 1 heterocycles. The van der Waals surface area contributed by atoms with Crippen LogP contribution in [0.5, 0.6) is 5.75 Å². The fourth-order valence-corrected chi connectivity index (χ4v) is 4.91. The number of anilines is 1. The second kappa shape index (κ2) is 13.4. The van der Waals surface area contributed by atoms with Gasteiger partial charge in [-0.2, -0.15) is 0 Å². The molecule has 3 amide bonds. The molecule has 0 radical (unpaired) electrons. The summed E-state index contributed by atoms with van der Waals surface area (Å²) in [5.74, 6) is -1.41. The number of likely N-dealkylation sites (N-methyl/N-ethyl adjacent to an activating group) is 1. The lowest BCUT2D eigenvalue weighted by Crippen LogP contribution is -2.48. The Morgan fingerprint density at radius 3 is 2.44 bits per heavy atom. The number of carbonyl (C=O) groups excluding carboxylic acids is 3. The third kappa shape index (κ3) is 7.29. The molecule has 0 saturated carbocycles. The quantitative estimate of drug-likeness (QED) is 0.490. The Morgan fingerprint density at radius 1 is 1.02 bits per heavy atom. The number of amides is 3. The lowest BCUT2D eigenvalue weighted by atomic mass is 10.0. The standard InChI is InChI=1S/C32H36FN3O5/c1-21-18-36(32(39)25-12-8-9-13-27(25)33)22(2)20-41-28-15-14-24(34-30(37)16-23-10-6-5-7-11-23)17-26(28)31(38)35(3)19-29(21)40-4/h5-15,17,21-22,29H,16,18-20H2,1-4H3,(H,34,37)/t21-,22+,29-/m0/s1. The Hall–Kier alpha value is -4.24. The fraction of sp³-hybridized carbons (Fsp3) is 0.344. The molecule has 4 rings (SSSR count). The third-order valence-electron chi connectivity index (χ3n) is 7.30. The molecule has 0 unspecified atom stereocenters. The predicted octanol–water partition coefficient (Wildman–Crippen LogP) is 4.65. The predicted molar refractivity (Wildman–Crippen MR) is 155 cm³/mol. The first-order chi connectivity index (χ1) is 19.7. The summed E-state index contributed by atoms with van der Waals surface area (Å²) in [6.07, 6.45) is -0.205. The van der Waals surface area contributed by atoms with Gasteiger partial charge in [-0.05, 0) is 42.8 Å². The fourth-order valence-electron chi connectivity index (χ4n) is 4.91. The van der Waals surface area contributed by atoms with Gasteiger partial charge in [-0.25, -0.2) is 4.39 Å². The van der Waals surface area contributed by atoms with Gasteiger partial charge in [-0.15, -0.1) is 0 Å². The summed E-state index contributed by atoms with van der Waals surface area (Å²) in [7, 11) is 3.23. The lowest BCUT2D eigenvalue weighted by molar-refractivity contribution is -0.115. The number of nitrogens with one attached hydrogen (secondary N) is 1. The van der Waals surface area contributed by atoms with E-state index >= 15 is 0 Å². The topological polar surface area (TPSA) is 88.2 Å². The van der Waals surface area contributed by atoms with Crippen LogP contribution in [-0.4, -0.2) is 73.5 Å². The summed E-state index contributed by atoms with van der Waals surface area (Å²) in [6, 6.07) is 19.7. The average Bonchev–Trinajstić information content (AvgIpc) is 2.97. The van der Waals surface area contributed by atoms with Crippen LogP contribution in [0.4, 0.5) is 10.1 Å². The van der Waals surface area contributed by atoms with Crippen molar-refractivity contribution in [1.82, 2.24) is 9.80 Å². The molecule has 0 bridgehead atoms. The number of hydrogen-bond acceptors (Lipinski definition) is 5. The molecule has 216 valence electrons. The SMILES string of the molecule is CO[C@H]1CN(C)C(=O)c2cc(NC(=O)Cc3ccccc3)ccc2OC[C@@H](C)N(C(=O)c2ccccc2F)C[C@@H]1C. The van der Waals surface area contributed by atoms with Gasteiger partial charge in [0.05, 0.1) is 29.7 Å². The molecule has 0 spiro atoms. The van der Waals surface area contributed by atoms with Crippen LogP contribution in [0.25, 0.3) is 0 Å². The minimum atomic E-state index is -0.592. The van der Waals surface area contributed by atoms with E-state index in [2.05, 4.69) is 5.32 Å². The number of hydrogen-bond donors (Lipinski definition) is 1. The summed E-state index contributed by atoms with van der Waals surface area (Å²) in [6.45, 7) is 4.34. The van der Waals surface area contributed by atoms with E-state index in [1.54, 1.807) is 49.4 Å². The zero-order chi connectivity index (χ0) is 29.5. The van der Waals surface area contributed by atoms with Crippen molar-refractivity contribution in [1.29, 1.82) is 0 Å². The normalized spacial score (nSPS) is 19.8. The highest BCUT2D eigenvalue weighted by Crippen LogP contribution is 2.27. The second-order valence-electron chi connectivity index (χ2n) is 10.5. The highest BCUT2D eigenvalue weighted by Gasteiger charge is 2.31. The summed E-state index contributed by atoms with van der Waals surface area (Å²) in [5, 5.41) is 2.87. The van der Waals surface area contributed by atoms with Gasteiger partial charge in [0.1, 0.15) is 18.2 Å². The lowest BCUT2D eigenvalue weighted by Gasteiger charge is -2.36. The molecule has 3 atom stereocenters. The minimum Gasteiger partial charge on any atom is -0.491 e. The Labute approximate surface area is 240 Å². The monoisotopic (exact) mass is 561 g/mol. The second-order valence-corrected chi connectivity index (χ2v) is 10.5. The Balaban J connectivity index is 1.63. The summed E-state index contributed by atoms with van der Waals surface area (Å²) in [5.41, 5.74) is 1.59. The van der Waals surface area contributed by atoms with Gasteiger partial charge in [-0.1, -0.05) is 49.4 Å². The minimum absolute atomic E-state index is 0.0174. The van der Waals surface area contributed by atoms with E-state index in [0.717, 1.165) is 5.56 Å². The van der Waals surface area contributed by atoms with Gasteiger partial charge < -0.3 is 24.6 Å². The number of rotatable bonds is 5. The van der Waals surface area contributed by atoms with Crippen molar-refractivity contribution in [3.8, 4) is 5.75 Å². The molecule has 1 aliphatic rings. The van der Waals surface area contributed by atoms with Crippen molar-refractivity contribution >= 4 is 23.4 Å². The molecule has 3 aromatic carbocycles. The highest BCUT2D eigenvalue weighted by molar-refractivity contribution is 6.00. The summed E-state index contributed by atoms with van der Waals surface area (Å²) < 4.78 is 26.4. The molecule has 41 heavy (non-hydrogen) atoms. The van der Waals surface area contributed by atoms with Crippen LogP contribution >= 0.6 is 0 Å². The number of halogens is 1. The van der Waals surface area contributed by atoms with Crippen LogP contribution in [-0.2, 0) is 16.0 Å². The maximum absolute atomic E-state index is 14.6. The molecule has 8 nitrogen and oxygen atoms in total. The largest absolute Gasteiger partial charge is 0.491 e. The van der Waals surface area contributed by atoms with Gasteiger partial charge in [0.15, 0.2) is 0 Å². The highest BCUT2D eigenvalue weighted by atomic mass is 19.1. The maximum atomic E-state index is 14.6. The molecule has 3 aromatic rings. The molecule has 0 aromatic heterocycles. The number of ether oxygens (including phenoxy) is 2. The van der Waals surface area contributed by atoms with Crippen molar-refractivity contribution < 1.29 is 28.2 Å². The number of nitrogens with zero attached hydrogens (tertiary/aromatic N) is 2. The smallest absolute Gasteiger partial charge is 0.257 e. The van der Waals surface area contributed by atoms with E-state index in [0.29, 0.717) is 11.4 Å². The van der Waals surface area contributed by atoms with Crippen molar-refractivity contribution in [3.05, 3.63) is 95.3 Å². The summed E-state index contributed by atoms with van der Waals surface area (Å²) >= 11 is 0. The van der Waals surface area contributed by atoms with Gasteiger partial charge >= 0.3 is 0 Å². The van der Waals surface area contributed by atoms with Crippen molar-refractivity contribution in [2.45, 2.75) is 32.4 Å². The first-order valence-electron chi connectivity index (χ1n) is 13.6. The van der Waals surface area contributed by atoms with E-state index in [4.69, 9.17) is 9.47 Å².